The lowest BCUT2D eigenvalue weighted by atomic mass is 10.0. The SMILES string of the molecule is Cc1ccc(S(=O)(=O)Oc2c(C(=O)c3ccc(Cl)cc3)c(C)nn2C)cc1. The number of rotatable bonds is 5. The molecule has 3 rings (SSSR count). The minimum absolute atomic E-state index is 0.00292. The van der Waals surface area contributed by atoms with Crippen LogP contribution in [-0.4, -0.2) is 24.0 Å². The fourth-order valence-corrected chi connectivity index (χ4v) is 3.69. The standard InChI is InChI=1S/C19H17ClN2O4S/c1-12-4-10-16(11-5-12)27(24,25)26-19-17(13(2)21-22(19)3)18(23)14-6-8-15(20)9-7-14/h4-11H,1-3H3. The van der Waals surface area contributed by atoms with E-state index in [2.05, 4.69) is 5.10 Å². The maximum absolute atomic E-state index is 12.9. The topological polar surface area (TPSA) is 78.3 Å². The molecule has 1 heterocycles. The molecule has 0 unspecified atom stereocenters. The third-order valence-corrected chi connectivity index (χ3v) is 5.48. The zero-order valence-electron chi connectivity index (χ0n) is 14.9. The van der Waals surface area contributed by atoms with Gasteiger partial charge in [0.25, 0.3) is 0 Å². The summed E-state index contributed by atoms with van der Waals surface area (Å²) < 4.78 is 31.8. The number of ketones is 1. The smallest absolute Gasteiger partial charge is 0.340 e. The number of hydrogen-bond donors (Lipinski definition) is 0. The number of carbonyl (C=O) groups is 1. The highest BCUT2D eigenvalue weighted by Gasteiger charge is 2.27. The zero-order valence-corrected chi connectivity index (χ0v) is 16.5. The van der Waals surface area contributed by atoms with E-state index in [1.165, 1.54) is 23.9 Å². The summed E-state index contributed by atoms with van der Waals surface area (Å²) in [5, 5.41) is 4.64. The predicted octanol–water partition coefficient (Wildman–Crippen LogP) is 3.69. The predicted molar refractivity (Wildman–Crippen MR) is 102 cm³/mol. The quantitative estimate of drug-likeness (QED) is 0.478. The van der Waals surface area contributed by atoms with E-state index in [0.717, 1.165) is 5.56 Å². The van der Waals surface area contributed by atoms with Crippen molar-refractivity contribution in [1.29, 1.82) is 0 Å². The van der Waals surface area contributed by atoms with E-state index in [0.29, 0.717) is 16.3 Å². The van der Waals surface area contributed by atoms with E-state index in [4.69, 9.17) is 15.8 Å². The third kappa shape index (κ3) is 3.89. The summed E-state index contributed by atoms with van der Waals surface area (Å²) in [6, 6.07) is 12.6. The number of aromatic nitrogens is 2. The molecule has 3 aromatic rings. The summed E-state index contributed by atoms with van der Waals surface area (Å²) in [4.78, 5) is 12.9. The number of nitrogens with zero attached hydrogens (tertiary/aromatic N) is 2. The molecule has 0 amide bonds. The van der Waals surface area contributed by atoms with Crippen LogP contribution >= 0.6 is 11.6 Å². The Bertz CT molecular complexity index is 1100. The Hall–Kier alpha value is -2.64. The van der Waals surface area contributed by atoms with Crippen LogP contribution in [0.15, 0.2) is 53.4 Å². The molecule has 27 heavy (non-hydrogen) atoms. The van der Waals surface area contributed by atoms with Crippen molar-refractivity contribution in [2.45, 2.75) is 18.7 Å². The first kappa shape index (κ1) is 19.1. The van der Waals surface area contributed by atoms with E-state index in [-0.39, 0.29) is 16.3 Å². The summed E-state index contributed by atoms with van der Waals surface area (Å²) in [5.74, 6) is -0.528. The van der Waals surface area contributed by atoms with Crippen molar-refractivity contribution >= 4 is 27.5 Å². The monoisotopic (exact) mass is 404 g/mol. The van der Waals surface area contributed by atoms with Crippen molar-refractivity contribution in [3.05, 3.63) is 75.9 Å². The van der Waals surface area contributed by atoms with Gasteiger partial charge in [-0.05, 0) is 50.2 Å². The molecule has 0 saturated heterocycles. The van der Waals surface area contributed by atoms with Crippen molar-refractivity contribution in [3.8, 4) is 5.88 Å². The molecule has 0 atom stereocenters. The average Bonchev–Trinajstić information content (AvgIpc) is 2.88. The molecular formula is C19H17ClN2O4S. The van der Waals surface area contributed by atoms with Crippen LogP contribution in [0.25, 0.3) is 0 Å². The maximum atomic E-state index is 12.9. The first-order valence-corrected chi connectivity index (χ1v) is 9.82. The Kier molecular flexibility index (Phi) is 5.08. The first-order chi connectivity index (χ1) is 12.7. The molecule has 140 valence electrons. The van der Waals surface area contributed by atoms with Gasteiger partial charge < -0.3 is 4.18 Å². The summed E-state index contributed by atoms with van der Waals surface area (Å²) in [5.41, 5.74) is 1.74. The van der Waals surface area contributed by atoms with E-state index in [1.54, 1.807) is 43.3 Å². The molecule has 0 aliphatic carbocycles. The normalized spacial score (nSPS) is 11.4. The summed E-state index contributed by atoms with van der Waals surface area (Å²) >= 11 is 5.86. The Labute approximate surface area is 162 Å². The van der Waals surface area contributed by atoms with Gasteiger partial charge in [0, 0.05) is 17.6 Å². The second-order valence-corrected chi connectivity index (χ2v) is 8.06. The van der Waals surface area contributed by atoms with Crippen molar-refractivity contribution in [2.75, 3.05) is 0 Å². The average molecular weight is 405 g/mol. The van der Waals surface area contributed by atoms with Gasteiger partial charge in [-0.1, -0.05) is 29.3 Å². The molecule has 0 radical (unpaired) electrons. The van der Waals surface area contributed by atoms with E-state index < -0.39 is 15.9 Å². The lowest BCUT2D eigenvalue weighted by Crippen LogP contribution is -2.14. The molecule has 0 fully saturated rings. The fourth-order valence-electron chi connectivity index (χ4n) is 2.60. The second-order valence-electron chi connectivity index (χ2n) is 6.08. The minimum atomic E-state index is -4.12. The number of aryl methyl sites for hydroxylation is 3. The lowest BCUT2D eigenvalue weighted by molar-refractivity contribution is 0.103. The lowest BCUT2D eigenvalue weighted by Gasteiger charge is -2.09. The highest BCUT2D eigenvalue weighted by molar-refractivity contribution is 7.87. The van der Waals surface area contributed by atoms with Crippen LogP contribution in [-0.2, 0) is 17.2 Å². The van der Waals surface area contributed by atoms with Crippen LogP contribution in [0, 0.1) is 13.8 Å². The summed E-state index contributed by atoms with van der Waals surface area (Å²) in [6.45, 7) is 3.47. The van der Waals surface area contributed by atoms with Crippen LogP contribution in [0.5, 0.6) is 5.88 Å². The van der Waals surface area contributed by atoms with Gasteiger partial charge in [0.15, 0.2) is 5.78 Å². The molecule has 2 aromatic carbocycles. The summed E-state index contributed by atoms with van der Waals surface area (Å²) in [6.07, 6.45) is 0. The van der Waals surface area contributed by atoms with Crippen LogP contribution in [0.1, 0.15) is 27.2 Å². The fraction of sp³-hybridized carbons (Fsp3) is 0.158. The number of carbonyl (C=O) groups excluding carboxylic acids is 1. The van der Waals surface area contributed by atoms with Gasteiger partial charge in [-0.2, -0.15) is 13.5 Å². The van der Waals surface area contributed by atoms with Crippen molar-refractivity contribution < 1.29 is 17.4 Å². The Morgan fingerprint density at radius 2 is 1.63 bits per heavy atom. The molecule has 0 aliphatic heterocycles. The van der Waals surface area contributed by atoms with Crippen molar-refractivity contribution in [1.82, 2.24) is 9.78 Å². The molecule has 0 aliphatic rings. The second kappa shape index (κ2) is 7.17. The van der Waals surface area contributed by atoms with E-state index in [1.807, 2.05) is 6.92 Å². The highest BCUT2D eigenvalue weighted by Crippen LogP contribution is 2.28. The van der Waals surface area contributed by atoms with Gasteiger partial charge in [-0.15, -0.1) is 0 Å². The van der Waals surface area contributed by atoms with Crippen molar-refractivity contribution in [2.24, 2.45) is 7.05 Å². The largest absolute Gasteiger partial charge is 0.358 e. The molecule has 0 N–H and O–H groups in total. The maximum Gasteiger partial charge on any atom is 0.340 e. The number of halogens is 1. The molecule has 0 bridgehead atoms. The summed E-state index contributed by atoms with van der Waals surface area (Å²) in [7, 11) is -2.60. The van der Waals surface area contributed by atoms with Crippen LogP contribution in [0.4, 0.5) is 0 Å². The van der Waals surface area contributed by atoms with Gasteiger partial charge >= 0.3 is 10.1 Å². The molecule has 0 spiro atoms. The Morgan fingerprint density at radius 1 is 1.04 bits per heavy atom. The Balaban J connectivity index is 2.03. The molecule has 1 aromatic heterocycles. The van der Waals surface area contributed by atoms with Crippen LogP contribution < -0.4 is 4.18 Å². The molecule has 6 nitrogen and oxygen atoms in total. The van der Waals surface area contributed by atoms with E-state index in [9.17, 15) is 13.2 Å². The van der Waals surface area contributed by atoms with Gasteiger partial charge in [0.05, 0.1) is 5.69 Å². The minimum Gasteiger partial charge on any atom is -0.358 e. The van der Waals surface area contributed by atoms with Crippen molar-refractivity contribution in [3.63, 3.8) is 0 Å². The van der Waals surface area contributed by atoms with Gasteiger partial charge in [-0.25, -0.2) is 4.68 Å². The van der Waals surface area contributed by atoms with E-state index >= 15 is 0 Å². The Morgan fingerprint density at radius 3 is 2.22 bits per heavy atom. The molecule has 0 saturated carbocycles. The van der Waals surface area contributed by atoms with Crippen LogP contribution in [0.2, 0.25) is 5.02 Å². The molecular weight excluding hydrogens is 388 g/mol. The van der Waals surface area contributed by atoms with Crippen LogP contribution in [0.3, 0.4) is 0 Å². The van der Waals surface area contributed by atoms with Gasteiger partial charge in [0.1, 0.15) is 10.5 Å². The first-order valence-electron chi connectivity index (χ1n) is 8.04. The zero-order chi connectivity index (χ0) is 19.8. The number of benzene rings is 2. The van der Waals surface area contributed by atoms with Gasteiger partial charge in [-0.3, -0.25) is 4.79 Å². The third-order valence-electron chi connectivity index (χ3n) is 4.00. The van der Waals surface area contributed by atoms with Gasteiger partial charge in [0.2, 0.25) is 5.88 Å². The number of hydrogen-bond acceptors (Lipinski definition) is 5. The highest BCUT2D eigenvalue weighted by atomic mass is 35.5. The molecule has 8 heteroatoms.